The highest BCUT2D eigenvalue weighted by Gasteiger charge is 2.30. The smallest absolute Gasteiger partial charge is 0.326 e. The minimum absolute atomic E-state index is 0.00837. The number of carboxylic acid groups (broad SMARTS) is 1. The third-order valence-corrected chi connectivity index (χ3v) is 4.69. The first kappa shape index (κ1) is 14.9. The van der Waals surface area contributed by atoms with Gasteiger partial charge in [-0.15, -0.1) is 0 Å². The fourth-order valence-corrected chi connectivity index (χ4v) is 3.80. The van der Waals surface area contributed by atoms with Gasteiger partial charge in [0.2, 0.25) is 5.91 Å². The molecule has 0 bridgehead atoms. The van der Waals surface area contributed by atoms with Crippen LogP contribution in [0.3, 0.4) is 0 Å². The number of amides is 1. The molecule has 1 aliphatic heterocycles. The summed E-state index contributed by atoms with van der Waals surface area (Å²) >= 11 is 0. The second-order valence-electron chi connectivity index (χ2n) is 4.44. The van der Waals surface area contributed by atoms with Crippen molar-refractivity contribution in [2.24, 2.45) is 5.92 Å². The maximum atomic E-state index is 11.5. The number of hydrogen-bond acceptors (Lipinski definition) is 5. The first-order chi connectivity index (χ1) is 8.34. The molecular formula is C10H17NO6S. The van der Waals surface area contributed by atoms with Crippen molar-refractivity contribution in [1.29, 1.82) is 0 Å². The quantitative estimate of drug-likeness (QED) is 0.559. The Bertz CT molecular complexity index is 418. The van der Waals surface area contributed by atoms with E-state index in [4.69, 9.17) is 10.2 Å². The summed E-state index contributed by atoms with van der Waals surface area (Å²) in [4.78, 5) is 22.3. The highest BCUT2D eigenvalue weighted by Crippen LogP contribution is 2.21. The molecule has 1 aliphatic rings. The molecule has 2 atom stereocenters. The van der Waals surface area contributed by atoms with Gasteiger partial charge < -0.3 is 15.5 Å². The molecule has 8 heteroatoms. The summed E-state index contributed by atoms with van der Waals surface area (Å²) < 4.78 is 22.4. The van der Waals surface area contributed by atoms with E-state index in [1.165, 1.54) is 0 Å². The average molecular weight is 279 g/mol. The first-order valence-corrected chi connectivity index (χ1v) is 7.49. The van der Waals surface area contributed by atoms with Gasteiger partial charge in [0.05, 0.1) is 11.5 Å². The lowest BCUT2D eigenvalue weighted by Gasteiger charge is -2.14. The highest BCUT2D eigenvalue weighted by atomic mass is 32.2. The largest absolute Gasteiger partial charge is 0.480 e. The number of sulfone groups is 1. The van der Waals surface area contributed by atoms with Gasteiger partial charge in [-0.25, -0.2) is 13.2 Å². The van der Waals surface area contributed by atoms with Gasteiger partial charge in [0.25, 0.3) is 0 Å². The van der Waals surface area contributed by atoms with E-state index in [2.05, 4.69) is 5.32 Å². The Kier molecular flexibility index (Phi) is 5.09. The van der Waals surface area contributed by atoms with Gasteiger partial charge in [0.15, 0.2) is 9.84 Å². The average Bonchev–Trinajstić information content (AvgIpc) is 2.57. The molecule has 0 aromatic carbocycles. The van der Waals surface area contributed by atoms with Crippen LogP contribution in [0, 0.1) is 5.92 Å². The third kappa shape index (κ3) is 4.61. The van der Waals surface area contributed by atoms with Crippen LogP contribution in [0.15, 0.2) is 0 Å². The number of aliphatic hydroxyl groups excluding tert-OH is 1. The van der Waals surface area contributed by atoms with Gasteiger partial charge in [0, 0.05) is 19.4 Å². The zero-order valence-corrected chi connectivity index (χ0v) is 10.6. The van der Waals surface area contributed by atoms with Crippen LogP contribution in [0.4, 0.5) is 0 Å². The van der Waals surface area contributed by atoms with Crippen molar-refractivity contribution < 1.29 is 28.2 Å². The molecule has 1 amide bonds. The molecule has 3 N–H and O–H groups in total. The first-order valence-electron chi connectivity index (χ1n) is 5.67. The molecular weight excluding hydrogens is 262 g/mol. The van der Waals surface area contributed by atoms with Gasteiger partial charge in [0.1, 0.15) is 6.04 Å². The fraction of sp³-hybridized carbons (Fsp3) is 0.800. The molecule has 0 aromatic rings. The zero-order valence-electron chi connectivity index (χ0n) is 9.83. The van der Waals surface area contributed by atoms with E-state index >= 15 is 0 Å². The SMILES string of the molecule is O=C(CC1CCS(=O)(=O)C1)NC(CCO)C(=O)O. The second kappa shape index (κ2) is 6.14. The Morgan fingerprint density at radius 3 is 2.50 bits per heavy atom. The molecule has 104 valence electrons. The summed E-state index contributed by atoms with van der Waals surface area (Å²) in [5.74, 6) is -1.87. The van der Waals surface area contributed by atoms with Gasteiger partial charge in [-0.05, 0) is 12.3 Å². The molecule has 0 spiro atoms. The van der Waals surface area contributed by atoms with E-state index in [9.17, 15) is 18.0 Å². The maximum absolute atomic E-state index is 11.5. The molecule has 1 heterocycles. The number of carbonyl (C=O) groups is 2. The fourth-order valence-electron chi connectivity index (χ4n) is 1.93. The summed E-state index contributed by atoms with van der Waals surface area (Å²) in [6.45, 7) is -0.338. The standard InChI is InChI=1S/C10H17NO6S/c12-3-1-8(10(14)15)11-9(13)5-7-2-4-18(16,17)6-7/h7-8,12H,1-6H2,(H,11,13)(H,14,15). The van der Waals surface area contributed by atoms with Crippen LogP contribution >= 0.6 is 0 Å². The van der Waals surface area contributed by atoms with Crippen molar-refractivity contribution in [3.63, 3.8) is 0 Å². The van der Waals surface area contributed by atoms with E-state index in [0.29, 0.717) is 6.42 Å². The number of rotatable bonds is 6. The minimum Gasteiger partial charge on any atom is -0.480 e. The molecule has 1 saturated heterocycles. The molecule has 0 aliphatic carbocycles. The van der Waals surface area contributed by atoms with Crippen molar-refractivity contribution in [3.05, 3.63) is 0 Å². The van der Waals surface area contributed by atoms with Crippen molar-refractivity contribution in [3.8, 4) is 0 Å². The van der Waals surface area contributed by atoms with Crippen LogP contribution in [-0.4, -0.2) is 54.7 Å². The normalized spacial score (nSPS) is 23.5. The number of carbonyl (C=O) groups excluding carboxylic acids is 1. The van der Waals surface area contributed by atoms with E-state index in [-0.39, 0.29) is 36.9 Å². The lowest BCUT2D eigenvalue weighted by molar-refractivity contribution is -0.142. The third-order valence-electron chi connectivity index (χ3n) is 2.85. The maximum Gasteiger partial charge on any atom is 0.326 e. The summed E-state index contributed by atoms with van der Waals surface area (Å²) in [6, 6.07) is -1.12. The number of carboxylic acids is 1. The number of aliphatic hydroxyl groups is 1. The van der Waals surface area contributed by atoms with Crippen LogP contribution in [0.25, 0.3) is 0 Å². The Labute approximate surface area is 105 Å². The van der Waals surface area contributed by atoms with Gasteiger partial charge in [-0.2, -0.15) is 0 Å². The van der Waals surface area contributed by atoms with Crippen LogP contribution in [0.2, 0.25) is 0 Å². The predicted octanol–water partition coefficient (Wildman–Crippen LogP) is -1.24. The predicted molar refractivity (Wildman–Crippen MR) is 62.6 cm³/mol. The monoisotopic (exact) mass is 279 g/mol. The minimum atomic E-state index is -3.03. The summed E-state index contributed by atoms with van der Waals surface area (Å²) in [5.41, 5.74) is 0. The van der Waals surface area contributed by atoms with Crippen LogP contribution in [0.5, 0.6) is 0 Å². The zero-order chi connectivity index (χ0) is 13.8. The van der Waals surface area contributed by atoms with Crippen LogP contribution < -0.4 is 5.32 Å². The van der Waals surface area contributed by atoms with Gasteiger partial charge >= 0.3 is 5.97 Å². The Morgan fingerprint density at radius 2 is 2.06 bits per heavy atom. The number of hydrogen-bond donors (Lipinski definition) is 3. The molecule has 0 saturated carbocycles. The molecule has 0 radical (unpaired) electrons. The van der Waals surface area contributed by atoms with Gasteiger partial charge in [-0.1, -0.05) is 0 Å². The summed E-state index contributed by atoms with van der Waals surface area (Å²) in [5, 5.41) is 19.7. The Hall–Kier alpha value is -1.15. The molecule has 1 fully saturated rings. The van der Waals surface area contributed by atoms with Crippen molar-refractivity contribution in [2.45, 2.75) is 25.3 Å². The summed E-state index contributed by atoms with van der Waals surface area (Å²) in [7, 11) is -3.03. The lowest BCUT2D eigenvalue weighted by atomic mass is 10.0. The molecule has 18 heavy (non-hydrogen) atoms. The van der Waals surface area contributed by atoms with Crippen molar-refractivity contribution in [1.82, 2.24) is 5.32 Å². The highest BCUT2D eigenvalue weighted by molar-refractivity contribution is 7.91. The second-order valence-corrected chi connectivity index (χ2v) is 6.67. The van der Waals surface area contributed by atoms with Crippen molar-refractivity contribution >= 4 is 21.7 Å². The van der Waals surface area contributed by atoms with Crippen molar-refractivity contribution in [2.75, 3.05) is 18.1 Å². The van der Waals surface area contributed by atoms with Crippen LogP contribution in [-0.2, 0) is 19.4 Å². The van der Waals surface area contributed by atoms with E-state index < -0.39 is 27.8 Å². The Balaban J connectivity index is 2.44. The van der Waals surface area contributed by atoms with E-state index in [1.54, 1.807) is 0 Å². The van der Waals surface area contributed by atoms with Gasteiger partial charge in [-0.3, -0.25) is 4.79 Å². The number of nitrogens with one attached hydrogen (secondary N) is 1. The topological polar surface area (TPSA) is 121 Å². The van der Waals surface area contributed by atoms with E-state index in [0.717, 1.165) is 0 Å². The molecule has 7 nitrogen and oxygen atoms in total. The van der Waals surface area contributed by atoms with Crippen LogP contribution in [0.1, 0.15) is 19.3 Å². The number of aliphatic carboxylic acids is 1. The molecule has 0 aromatic heterocycles. The van der Waals surface area contributed by atoms with E-state index in [1.807, 2.05) is 0 Å². The lowest BCUT2D eigenvalue weighted by Crippen LogP contribution is -2.42. The Morgan fingerprint density at radius 1 is 1.39 bits per heavy atom. The summed E-state index contributed by atoms with van der Waals surface area (Å²) in [6.07, 6.45) is 0.381. The molecule has 2 unspecified atom stereocenters. The molecule has 1 rings (SSSR count).